The van der Waals surface area contributed by atoms with Gasteiger partial charge < -0.3 is 5.73 Å². The van der Waals surface area contributed by atoms with E-state index >= 15 is 0 Å². The fourth-order valence-electron chi connectivity index (χ4n) is 1.26. The number of hydroxylamine groups is 1. The standard InChI is InChI=1S/C7H9FN4O2/c8-4-3-12(5-1-2-10-14-5)7(13)11-6(4)9/h3,5,10H,1-2H2,(H2,9,11,13)/t5-/m1/s1. The molecular weight excluding hydrogens is 191 g/mol. The SMILES string of the molecule is Nc1nc(=O)n([C@H]2CCNO2)cc1F. The van der Waals surface area contributed by atoms with Crippen LogP contribution in [0.1, 0.15) is 12.6 Å². The lowest BCUT2D eigenvalue weighted by molar-refractivity contribution is -0.0124. The van der Waals surface area contributed by atoms with Crippen LogP contribution in [0.2, 0.25) is 0 Å². The number of rotatable bonds is 1. The molecule has 0 saturated carbocycles. The zero-order valence-electron chi connectivity index (χ0n) is 7.24. The van der Waals surface area contributed by atoms with Gasteiger partial charge in [0.15, 0.2) is 17.9 Å². The number of nitrogens with zero attached hydrogens (tertiary/aromatic N) is 2. The molecule has 1 aliphatic heterocycles. The summed E-state index contributed by atoms with van der Waals surface area (Å²) < 4.78 is 14.1. The molecule has 0 amide bonds. The van der Waals surface area contributed by atoms with Crippen molar-refractivity contribution in [3.8, 4) is 0 Å². The van der Waals surface area contributed by atoms with Crippen molar-refractivity contribution >= 4 is 5.82 Å². The van der Waals surface area contributed by atoms with Crippen molar-refractivity contribution in [1.82, 2.24) is 15.0 Å². The molecule has 1 fully saturated rings. The Morgan fingerprint density at radius 3 is 3.21 bits per heavy atom. The monoisotopic (exact) mass is 200 g/mol. The molecule has 1 aliphatic rings. The molecule has 1 aromatic heterocycles. The van der Waals surface area contributed by atoms with E-state index in [1.54, 1.807) is 0 Å². The molecule has 1 saturated heterocycles. The van der Waals surface area contributed by atoms with Gasteiger partial charge in [0.2, 0.25) is 0 Å². The predicted molar refractivity (Wildman–Crippen MR) is 45.6 cm³/mol. The first-order valence-electron chi connectivity index (χ1n) is 4.11. The third kappa shape index (κ3) is 1.47. The lowest BCUT2D eigenvalue weighted by Gasteiger charge is -2.11. The molecule has 76 valence electrons. The summed E-state index contributed by atoms with van der Waals surface area (Å²) in [6.45, 7) is 0.614. The summed E-state index contributed by atoms with van der Waals surface area (Å²) in [5, 5.41) is 0. The van der Waals surface area contributed by atoms with Gasteiger partial charge in [-0.05, 0) is 0 Å². The number of nitrogens with two attached hydrogens (primary N) is 1. The molecule has 3 N–H and O–H groups in total. The molecule has 0 spiro atoms. The molecule has 0 radical (unpaired) electrons. The number of anilines is 1. The van der Waals surface area contributed by atoms with Crippen molar-refractivity contribution in [3.63, 3.8) is 0 Å². The van der Waals surface area contributed by atoms with E-state index in [2.05, 4.69) is 10.5 Å². The molecule has 14 heavy (non-hydrogen) atoms. The number of aromatic nitrogens is 2. The van der Waals surface area contributed by atoms with Gasteiger partial charge in [-0.25, -0.2) is 9.18 Å². The Hall–Kier alpha value is -1.47. The molecule has 0 bridgehead atoms. The van der Waals surface area contributed by atoms with Crippen LogP contribution in [0, 0.1) is 5.82 Å². The molecule has 7 heteroatoms. The molecule has 0 aliphatic carbocycles. The van der Waals surface area contributed by atoms with Gasteiger partial charge in [0.25, 0.3) is 0 Å². The van der Waals surface area contributed by atoms with Gasteiger partial charge in [-0.1, -0.05) is 0 Å². The molecule has 6 nitrogen and oxygen atoms in total. The number of nitrogen functional groups attached to an aromatic ring is 1. The Morgan fingerprint density at radius 1 is 1.79 bits per heavy atom. The minimum atomic E-state index is -0.722. The fraction of sp³-hybridized carbons (Fsp3) is 0.429. The summed E-state index contributed by atoms with van der Waals surface area (Å²) in [5.74, 6) is -1.11. The predicted octanol–water partition coefficient (Wildman–Crippen LogP) is -0.612. The first-order chi connectivity index (χ1) is 6.68. The van der Waals surface area contributed by atoms with Gasteiger partial charge in [0.05, 0.1) is 6.20 Å². The minimum absolute atomic E-state index is 0.391. The van der Waals surface area contributed by atoms with E-state index in [-0.39, 0.29) is 0 Å². The van der Waals surface area contributed by atoms with Gasteiger partial charge in [-0.15, -0.1) is 0 Å². The molecule has 0 aromatic carbocycles. The van der Waals surface area contributed by atoms with E-state index in [0.717, 1.165) is 10.8 Å². The number of halogens is 1. The van der Waals surface area contributed by atoms with E-state index in [9.17, 15) is 9.18 Å². The Morgan fingerprint density at radius 2 is 2.57 bits per heavy atom. The van der Waals surface area contributed by atoms with Crippen LogP contribution in [0.25, 0.3) is 0 Å². The van der Waals surface area contributed by atoms with Crippen LogP contribution in [0.5, 0.6) is 0 Å². The highest BCUT2D eigenvalue weighted by Crippen LogP contribution is 2.14. The van der Waals surface area contributed by atoms with Crippen LogP contribution in [0.15, 0.2) is 11.0 Å². The molecular formula is C7H9FN4O2. The van der Waals surface area contributed by atoms with Gasteiger partial charge in [0, 0.05) is 13.0 Å². The quantitative estimate of drug-likeness (QED) is 0.631. The Balaban J connectivity index is 2.42. The normalized spacial score (nSPS) is 21.4. The van der Waals surface area contributed by atoms with Gasteiger partial charge in [0.1, 0.15) is 0 Å². The van der Waals surface area contributed by atoms with Crippen LogP contribution in [-0.4, -0.2) is 16.1 Å². The maximum absolute atomic E-state index is 13.0. The summed E-state index contributed by atoms with van der Waals surface area (Å²) in [4.78, 5) is 19.6. The second kappa shape index (κ2) is 3.35. The van der Waals surface area contributed by atoms with E-state index < -0.39 is 23.6 Å². The third-order valence-electron chi connectivity index (χ3n) is 1.96. The zero-order chi connectivity index (χ0) is 10.1. The molecule has 1 aromatic rings. The number of hydrogen-bond acceptors (Lipinski definition) is 5. The topological polar surface area (TPSA) is 82.2 Å². The first kappa shape index (κ1) is 9.10. The van der Waals surface area contributed by atoms with Gasteiger partial charge >= 0.3 is 5.69 Å². The first-order valence-corrected chi connectivity index (χ1v) is 4.11. The van der Waals surface area contributed by atoms with E-state index in [1.165, 1.54) is 0 Å². The van der Waals surface area contributed by atoms with Gasteiger partial charge in [-0.3, -0.25) is 9.40 Å². The summed E-state index contributed by atoms with van der Waals surface area (Å²) in [6.07, 6.45) is 1.08. The highest BCUT2D eigenvalue weighted by Gasteiger charge is 2.20. The maximum atomic E-state index is 13.0. The smallest absolute Gasteiger partial charge is 0.351 e. The van der Waals surface area contributed by atoms with Gasteiger partial charge in [-0.2, -0.15) is 10.5 Å². The van der Waals surface area contributed by atoms with E-state index in [0.29, 0.717) is 13.0 Å². The summed E-state index contributed by atoms with van der Waals surface area (Å²) >= 11 is 0. The lowest BCUT2D eigenvalue weighted by atomic mass is 10.4. The Bertz CT molecular complexity index is 399. The van der Waals surface area contributed by atoms with Crippen molar-refractivity contribution in [1.29, 1.82) is 0 Å². The lowest BCUT2D eigenvalue weighted by Crippen LogP contribution is -2.28. The summed E-state index contributed by atoms with van der Waals surface area (Å²) in [5.41, 5.74) is 7.11. The molecule has 1 atom stereocenters. The second-order valence-corrected chi connectivity index (χ2v) is 2.92. The minimum Gasteiger partial charge on any atom is -0.381 e. The van der Waals surface area contributed by atoms with Crippen molar-refractivity contribution in [2.75, 3.05) is 12.3 Å². The highest BCUT2D eigenvalue weighted by atomic mass is 19.1. The van der Waals surface area contributed by atoms with Crippen LogP contribution in [0.3, 0.4) is 0 Å². The molecule has 2 heterocycles. The van der Waals surface area contributed by atoms with Crippen molar-refractivity contribution in [3.05, 3.63) is 22.5 Å². The third-order valence-corrected chi connectivity index (χ3v) is 1.96. The molecule has 0 unspecified atom stereocenters. The van der Waals surface area contributed by atoms with Crippen LogP contribution >= 0.6 is 0 Å². The molecule has 2 rings (SSSR count). The van der Waals surface area contributed by atoms with Crippen molar-refractivity contribution in [2.24, 2.45) is 0 Å². The highest BCUT2D eigenvalue weighted by molar-refractivity contribution is 5.26. The average molecular weight is 200 g/mol. The number of nitrogens with one attached hydrogen (secondary N) is 1. The van der Waals surface area contributed by atoms with Crippen LogP contribution in [-0.2, 0) is 4.84 Å². The van der Waals surface area contributed by atoms with E-state index in [1.807, 2.05) is 0 Å². The van der Waals surface area contributed by atoms with E-state index in [4.69, 9.17) is 10.6 Å². The summed E-state index contributed by atoms with van der Waals surface area (Å²) in [7, 11) is 0. The largest absolute Gasteiger partial charge is 0.381 e. The second-order valence-electron chi connectivity index (χ2n) is 2.92. The van der Waals surface area contributed by atoms with Crippen molar-refractivity contribution in [2.45, 2.75) is 12.6 Å². The fourth-order valence-corrected chi connectivity index (χ4v) is 1.26. The Kier molecular flexibility index (Phi) is 2.18. The average Bonchev–Trinajstić information content (AvgIpc) is 2.64. The zero-order valence-corrected chi connectivity index (χ0v) is 7.24. The van der Waals surface area contributed by atoms with Crippen molar-refractivity contribution < 1.29 is 9.23 Å². The number of hydrogen-bond donors (Lipinski definition) is 2. The summed E-state index contributed by atoms with van der Waals surface area (Å²) in [6, 6.07) is 0. The maximum Gasteiger partial charge on any atom is 0.351 e. The van der Waals surface area contributed by atoms with Crippen LogP contribution in [0.4, 0.5) is 10.2 Å². The Labute approximate surface area is 78.5 Å². The van der Waals surface area contributed by atoms with Crippen LogP contribution < -0.4 is 16.9 Å².